The highest BCUT2D eigenvalue weighted by molar-refractivity contribution is 7.99. The van der Waals surface area contributed by atoms with Gasteiger partial charge in [0.2, 0.25) is 5.91 Å². The number of carbonyl (C=O) groups is 1. The number of nitrogens with two attached hydrogens (primary N) is 1. The molecule has 1 saturated carbocycles. The van der Waals surface area contributed by atoms with Crippen molar-refractivity contribution in [1.82, 2.24) is 5.32 Å². The summed E-state index contributed by atoms with van der Waals surface area (Å²) >= 11 is 1.97. The van der Waals surface area contributed by atoms with E-state index in [2.05, 4.69) is 5.32 Å². The molecule has 0 aromatic rings. The van der Waals surface area contributed by atoms with Crippen LogP contribution in [0.25, 0.3) is 0 Å². The number of hydrogen-bond acceptors (Lipinski definition) is 3. The average Bonchev–Trinajstić information content (AvgIpc) is 2.40. The molecule has 0 bridgehead atoms. The molecule has 3 nitrogen and oxygen atoms in total. The Labute approximate surface area is 108 Å². The molecule has 98 valence electrons. The lowest BCUT2D eigenvalue weighted by atomic mass is 9.84. The second-order valence-electron chi connectivity index (χ2n) is 5.28. The lowest BCUT2D eigenvalue weighted by Gasteiger charge is -2.33. The summed E-state index contributed by atoms with van der Waals surface area (Å²) in [7, 11) is 0. The predicted molar refractivity (Wildman–Crippen MR) is 73.0 cm³/mol. The zero-order valence-corrected chi connectivity index (χ0v) is 11.3. The molecule has 2 unspecified atom stereocenters. The molecule has 2 atom stereocenters. The molecule has 2 rings (SSSR count). The topological polar surface area (TPSA) is 55.1 Å². The summed E-state index contributed by atoms with van der Waals surface area (Å²) in [4.78, 5) is 12.2. The van der Waals surface area contributed by atoms with Crippen LogP contribution in [0.15, 0.2) is 0 Å². The average molecular weight is 256 g/mol. The van der Waals surface area contributed by atoms with Crippen LogP contribution in [-0.2, 0) is 4.79 Å². The second kappa shape index (κ2) is 6.64. The third-order valence-electron chi connectivity index (χ3n) is 4.13. The molecule has 1 aliphatic heterocycles. The minimum absolute atomic E-state index is 0.261. The van der Waals surface area contributed by atoms with Gasteiger partial charge in [0.25, 0.3) is 0 Å². The molecule has 0 radical (unpaired) electrons. The minimum Gasteiger partial charge on any atom is -0.353 e. The van der Waals surface area contributed by atoms with Crippen LogP contribution >= 0.6 is 11.8 Å². The Morgan fingerprint density at radius 3 is 2.59 bits per heavy atom. The van der Waals surface area contributed by atoms with E-state index in [0.717, 1.165) is 30.8 Å². The van der Waals surface area contributed by atoms with E-state index in [1.807, 2.05) is 11.8 Å². The highest BCUT2D eigenvalue weighted by Crippen LogP contribution is 2.26. The Morgan fingerprint density at radius 2 is 1.88 bits per heavy atom. The number of carbonyl (C=O) groups excluding carboxylic acids is 1. The Kier molecular flexibility index (Phi) is 5.16. The minimum atomic E-state index is 0.261. The van der Waals surface area contributed by atoms with Gasteiger partial charge in [0.15, 0.2) is 0 Å². The molecule has 1 saturated heterocycles. The molecule has 0 spiro atoms. The molecule has 1 heterocycles. The maximum absolute atomic E-state index is 12.2. The lowest BCUT2D eigenvalue weighted by molar-refractivity contribution is -0.126. The molecule has 3 N–H and O–H groups in total. The van der Waals surface area contributed by atoms with Gasteiger partial charge in [-0.1, -0.05) is 12.8 Å². The van der Waals surface area contributed by atoms with Crippen molar-refractivity contribution in [2.75, 3.05) is 18.1 Å². The molecular formula is C13H24N2OS. The van der Waals surface area contributed by atoms with E-state index in [9.17, 15) is 4.79 Å². The Hall–Kier alpha value is -0.220. The van der Waals surface area contributed by atoms with Gasteiger partial charge in [-0.15, -0.1) is 0 Å². The first kappa shape index (κ1) is 13.2. The summed E-state index contributed by atoms with van der Waals surface area (Å²) in [6.07, 6.45) is 6.92. The number of amides is 1. The van der Waals surface area contributed by atoms with E-state index >= 15 is 0 Å². The van der Waals surface area contributed by atoms with Gasteiger partial charge in [-0.25, -0.2) is 0 Å². The maximum atomic E-state index is 12.2. The summed E-state index contributed by atoms with van der Waals surface area (Å²) in [6, 6.07) is 0.343. The zero-order valence-electron chi connectivity index (χ0n) is 10.5. The van der Waals surface area contributed by atoms with Gasteiger partial charge < -0.3 is 11.1 Å². The van der Waals surface area contributed by atoms with E-state index in [0.29, 0.717) is 18.5 Å². The van der Waals surface area contributed by atoms with Crippen molar-refractivity contribution in [2.45, 2.75) is 44.6 Å². The van der Waals surface area contributed by atoms with Crippen molar-refractivity contribution in [1.29, 1.82) is 0 Å². The van der Waals surface area contributed by atoms with Crippen LogP contribution in [0.4, 0.5) is 0 Å². The normalized spacial score (nSPS) is 31.1. The van der Waals surface area contributed by atoms with E-state index in [4.69, 9.17) is 5.73 Å². The largest absolute Gasteiger partial charge is 0.353 e. The van der Waals surface area contributed by atoms with Crippen LogP contribution in [0, 0.1) is 11.8 Å². The first-order valence-electron chi connectivity index (χ1n) is 6.89. The van der Waals surface area contributed by atoms with E-state index < -0.39 is 0 Å². The van der Waals surface area contributed by atoms with E-state index in [-0.39, 0.29) is 11.8 Å². The van der Waals surface area contributed by atoms with Gasteiger partial charge in [0.05, 0.1) is 0 Å². The number of nitrogens with one attached hydrogen (secondary N) is 1. The zero-order chi connectivity index (χ0) is 12.1. The standard InChI is InChI=1S/C13H24N2OS/c14-9-11-3-1-2-4-12(11)15-13(16)10-5-7-17-8-6-10/h10-12H,1-9,14H2,(H,15,16). The highest BCUT2D eigenvalue weighted by atomic mass is 32.2. The number of rotatable bonds is 3. The molecule has 0 aromatic carbocycles. The van der Waals surface area contributed by atoms with Crippen molar-refractivity contribution in [3.63, 3.8) is 0 Å². The number of thioether (sulfide) groups is 1. The van der Waals surface area contributed by atoms with E-state index in [1.165, 1.54) is 19.3 Å². The molecule has 4 heteroatoms. The van der Waals surface area contributed by atoms with Gasteiger partial charge in [0.1, 0.15) is 0 Å². The molecule has 2 aliphatic rings. The van der Waals surface area contributed by atoms with Crippen LogP contribution < -0.4 is 11.1 Å². The first-order valence-corrected chi connectivity index (χ1v) is 8.05. The van der Waals surface area contributed by atoms with Crippen LogP contribution in [0.3, 0.4) is 0 Å². The maximum Gasteiger partial charge on any atom is 0.223 e. The Morgan fingerprint density at radius 1 is 1.18 bits per heavy atom. The van der Waals surface area contributed by atoms with Crippen LogP contribution in [0.2, 0.25) is 0 Å². The fraction of sp³-hybridized carbons (Fsp3) is 0.923. The summed E-state index contributed by atoms with van der Waals surface area (Å²) in [5.74, 6) is 3.34. The Balaban J connectivity index is 1.83. The summed E-state index contributed by atoms with van der Waals surface area (Å²) in [6.45, 7) is 0.714. The SMILES string of the molecule is NCC1CCCCC1NC(=O)C1CCSCC1. The molecule has 17 heavy (non-hydrogen) atoms. The molecule has 2 fully saturated rings. The van der Waals surface area contributed by atoms with E-state index in [1.54, 1.807) is 0 Å². The third-order valence-corrected chi connectivity index (χ3v) is 5.18. The van der Waals surface area contributed by atoms with Gasteiger partial charge in [-0.2, -0.15) is 11.8 Å². The third kappa shape index (κ3) is 3.62. The highest BCUT2D eigenvalue weighted by Gasteiger charge is 2.28. The Bertz CT molecular complexity index is 254. The molecule has 1 amide bonds. The first-order chi connectivity index (χ1) is 8.31. The summed E-state index contributed by atoms with van der Waals surface area (Å²) < 4.78 is 0. The van der Waals surface area contributed by atoms with Gasteiger partial charge in [0, 0.05) is 12.0 Å². The van der Waals surface area contributed by atoms with Crippen LogP contribution in [0.1, 0.15) is 38.5 Å². The lowest BCUT2D eigenvalue weighted by Crippen LogP contribution is -2.47. The number of hydrogen-bond donors (Lipinski definition) is 2. The second-order valence-corrected chi connectivity index (χ2v) is 6.51. The fourth-order valence-corrected chi connectivity index (χ4v) is 4.05. The molecular weight excluding hydrogens is 232 g/mol. The van der Waals surface area contributed by atoms with Crippen molar-refractivity contribution in [3.8, 4) is 0 Å². The molecule has 0 aromatic heterocycles. The van der Waals surface area contributed by atoms with Crippen molar-refractivity contribution >= 4 is 17.7 Å². The van der Waals surface area contributed by atoms with Crippen molar-refractivity contribution in [3.05, 3.63) is 0 Å². The summed E-state index contributed by atoms with van der Waals surface area (Å²) in [5.41, 5.74) is 5.79. The molecule has 1 aliphatic carbocycles. The smallest absolute Gasteiger partial charge is 0.223 e. The van der Waals surface area contributed by atoms with Crippen molar-refractivity contribution in [2.24, 2.45) is 17.6 Å². The van der Waals surface area contributed by atoms with Gasteiger partial charge >= 0.3 is 0 Å². The quantitative estimate of drug-likeness (QED) is 0.809. The van der Waals surface area contributed by atoms with Crippen molar-refractivity contribution < 1.29 is 4.79 Å². The van der Waals surface area contributed by atoms with Gasteiger partial charge in [-0.05, 0) is 49.7 Å². The summed E-state index contributed by atoms with van der Waals surface area (Å²) in [5, 5.41) is 3.26. The van der Waals surface area contributed by atoms with Crippen LogP contribution in [0.5, 0.6) is 0 Å². The van der Waals surface area contributed by atoms with Crippen LogP contribution in [-0.4, -0.2) is 30.0 Å². The van der Waals surface area contributed by atoms with Gasteiger partial charge in [-0.3, -0.25) is 4.79 Å². The predicted octanol–water partition coefficient (Wildman–Crippen LogP) is 1.76. The monoisotopic (exact) mass is 256 g/mol. The fourth-order valence-electron chi connectivity index (χ4n) is 2.94.